The lowest BCUT2D eigenvalue weighted by Gasteiger charge is -2.32. The van der Waals surface area contributed by atoms with E-state index in [-0.39, 0.29) is 18.8 Å². The van der Waals surface area contributed by atoms with Crippen molar-refractivity contribution in [1.82, 2.24) is 0 Å². The predicted octanol–water partition coefficient (Wildman–Crippen LogP) is 2.66. The van der Waals surface area contributed by atoms with Gasteiger partial charge in [0.1, 0.15) is 0 Å². The molecule has 0 saturated heterocycles. The normalized spacial score (nSPS) is 17.3. The van der Waals surface area contributed by atoms with E-state index in [4.69, 9.17) is 30.9 Å². The van der Waals surface area contributed by atoms with Crippen LogP contribution in [-0.4, -0.2) is 51.0 Å². The molecule has 1 aromatic rings. The third-order valence-electron chi connectivity index (χ3n) is 5.85. The third-order valence-corrected chi connectivity index (χ3v) is 5.85. The van der Waals surface area contributed by atoms with Crippen LogP contribution in [0.25, 0.3) is 0 Å². The van der Waals surface area contributed by atoms with Gasteiger partial charge in [-0.25, -0.2) is 0 Å². The molecule has 1 rings (SSSR count). The van der Waals surface area contributed by atoms with E-state index in [2.05, 4.69) is 52.0 Å². The van der Waals surface area contributed by atoms with Gasteiger partial charge in [-0.3, -0.25) is 0 Å². The molecule has 0 bridgehead atoms. The molecule has 0 nitrogen and oxygen atoms in total. The predicted molar refractivity (Wildman–Crippen MR) is 116 cm³/mol. The Labute approximate surface area is 157 Å². The van der Waals surface area contributed by atoms with Gasteiger partial charge < -0.3 is 0 Å². The van der Waals surface area contributed by atoms with Crippen LogP contribution < -0.4 is 0 Å². The van der Waals surface area contributed by atoms with Gasteiger partial charge >= 0.3 is 0 Å². The van der Waals surface area contributed by atoms with Crippen molar-refractivity contribution >= 4 is 51.0 Å². The maximum Gasteiger partial charge on any atom is 0.0550 e. The van der Waals surface area contributed by atoms with Crippen molar-refractivity contribution in [3.63, 3.8) is 0 Å². The molecular weight excluding hydrogens is 280 g/mol. The molecule has 9 radical (unpaired) electrons. The molecular formula is C17H26B7. The molecule has 0 N–H and O–H groups in total. The molecule has 0 aliphatic heterocycles. The van der Waals surface area contributed by atoms with Crippen molar-refractivity contribution in [2.45, 2.75) is 52.2 Å². The van der Waals surface area contributed by atoms with Gasteiger partial charge in [0.15, 0.2) is 0 Å². The Morgan fingerprint density at radius 2 is 1.46 bits per heavy atom. The van der Waals surface area contributed by atoms with Gasteiger partial charge in [-0.15, -0.1) is 0 Å². The maximum absolute atomic E-state index is 6.08. The number of benzene rings is 1. The molecule has 7 heteroatoms. The number of hydrogen-bond donors (Lipinski definition) is 0. The highest BCUT2D eigenvalue weighted by molar-refractivity contribution is 7.46. The summed E-state index contributed by atoms with van der Waals surface area (Å²) in [5.41, 5.74) is 1.23. The molecule has 0 heterocycles. The fraction of sp³-hybridized carbons (Fsp3) is 0.647. The lowest BCUT2D eigenvalue weighted by molar-refractivity contribution is 0.321. The van der Waals surface area contributed by atoms with Gasteiger partial charge in [-0.2, -0.15) is 0 Å². The van der Waals surface area contributed by atoms with Gasteiger partial charge in [-0.1, -0.05) is 88.1 Å². The molecule has 1 aromatic carbocycles. The van der Waals surface area contributed by atoms with E-state index in [1.54, 1.807) is 7.06 Å². The van der Waals surface area contributed by atoms with Crippen LogP contribution in [0.4, 0.5) is 0 Å². The highest BCUT2D eigenvalue weighted by atomic mass is 14.2. The fourth-order valence-corrected chi connectivity index (χ4v) is 3.62. The van der Waals surface area contributed by atoms with Gasteiger partial charge in [0.05, 0.1) is 6.49 Å². The highest BCUT2D eigenvalue weighted by Gasteiger charge is 2.26. The summed E-state index contributed by atoms with van der Waals surface area (Å²) in [7, 11) is 25.4. The first kappa shape index (κ1) is 21.7. The minimum atomic E-state index is -0.339. The quantitative estimate of drug-likeness (QED) is 0.583. The Morgan fingerprint density at radius 3 is 1.96 bits per heavy atom. The number of rotatable bonds is 10. The third kappa shape index (κ3) is 6.19. The van der Waals surface area contributed by atoms with Crippen LogP contribution in [0.2, 0.25) is 5.82 Å². The van der Waals surface area contributed by atoms with Crippen LogP contribution in [0.5, 0.6) is 0 Å². The molecule has 0 spiro atoms. The zero-order chi connectivity index (χ0) is 18.3. The minimum absolute atomic E-state index is 0.0468. The first-order valence-electron chi connectivity index (χ1n) is 9.16. The Morgan fingerprint density at radius 1 is 0.917 bits per heavy atom. The van der Waals surface area contributed by atoms with Crippen LogP contribution >= 0.6 is 0 Å². The fourth-order valence-electron chi connectivity index (χ4n) is 3.62. The molecule has 0 aliphatic rings. The largest absolute Gasteiger partial charge is 0.0790 e. The zero-order valence-corrected chi connectivity index (χ0v) is 15.7. The zero-order valence-electron chi connectivity index (χ0n) is 15.7. The van der Waals surface area contributed by atoms with Crippen LogP contribution in [-0.2, 0) is 0 Å². The second-order valence-corrected chi connectivity index (χ2v) is 7.53. The first-order chi connectivity index (χ1) is 11.3. The van der Waals surface area contributed by atoms with Gasteiger partial charge in [-0.05, 0) is 17.8 Å². The van der Waals surface area contributed by atoms with Gasteiger partial charge in [0.2, 0.25) is 0 Å². The van der Waals surface area contributed by atoms with E-state index >= 15 is 0 Å². The van der Waals surface area contributed by atoms with Crippen molar-refractivity contribution in [3.05, 3.63) is 35.9 Å². The SMILES string of the molecule is [B][B]B([B])C(C)C(C)C(C)CCC(C)C(B([B])[B])c1ccccc1. The van der Waals surface area contributed by atoms with E-state index in [9.17, 15) is 0 Å². The Kier molecular flexibility index (Phi) is 9.61. The van der Waals surface area contributed by atoms with Crippen molar-refractivity contribution in [2.75, 3.05) is 0 Å². The van der Waals surface area contributed by atoms with Crippen molar-refractivity contribution in [1.29, 1.82) is 0 Å². The Balaban J connectivity index is 2.64. The van der Waals surface area contributed by atoms with Crippen LogP contribution in [0, 0.1) is 17.8 Å². The molecule has 0 aromatic heterocycles. The van der Waals surface area contributed by atoms with Crippen molar-refractivity contribution < 1.29 is 0 Å². The average Bonchev–Trinajstić information content (AvgIpc) is 2.58. The highest BCUT2D eigenvalue weighted by Crippen LogP contribution is 2.34. The summed E-state index contributed by atoms with van der Waals surface area (Å²) in [4.78, 5) is 0. The smallest absolute Gasteiger partial charge is 0.0550 e. The van der Waals surface area contributed by atoms with E-state index in [1.165, 1.54) is 5.56 Å². The average molecular weight is 306 g/mol. The van der Waals surface area contributed by atoms with Gasteiger partial charge in [0.25, 0.3) is 0 Å². The van der Waals surface area contributed by atoms with E-state index in [0.717, 1.165) is 12.8 Å². The molecule has 5 unspecified atom stereocenters. The second kappa shape index (κ2) is 10.6. The minimum Gasteiger partial charge on any atom is -0.0790 e. The van der Waals surface area contributed by atoms with E-state index < -0.39 is 0 Å². The van der Waals surface area contributed by atoms with E-state index in [1.807, 2.05) is 6.07 Å². The summed E-state index contributed by atoms with van der Waals surface area (Å²) in [6.07, 6.45) is 2.24. The summed E-state index contributed by atoms with van der Waals surface area (Å²) in [6.45, 7) is 8.62. The number of hydrogen-bond acceptors (Lipinski definition) is 0. The molecule has 115 valence electrons. The monoisotopic (exact) mass is 307 g/mol. The second-order valence-electron chi connectivity index (χ2n) is 7.53. The van der Waals surface area contributed by atoms with Crippen molar-refractivity contribution in [3.8, 4) is 0 Å². The Bertz CT molecular complexity index is 454. The molecule has 24 heavy (non-hydrogen) atoms. The summed E-state index contributed by atoms with van der Waals surface area (Å²) in [6, 6.07) is 10.4. The standard InChI is InChI=1S/C17H26B7/c1-12(14(3)15(4)24(21)22-18)10-11-13(2)17(23(19)20)16-8-6-5-7-9-16/h5-9,12-15,17H,10-11H2,1-4H3. The summed E-state index contributed by atoms with van der Waals surface area (Å²) in [5, 5.41) is 0. The molecule has 0 aliphatic carbocycles. The Hall–Kier alpha value is -0.325. The van der Waals surface area contributed by atoms with E-state index in [0.29, 0.717) is 23.6 Å². The first-order valence-corrected chi connectivity index (χ1v) is 9.16. The molecule has 0 saturated carbocycles. The van der Waals surface area contributed by atoms with Crippen LogP contribution in [0.3, 0.4) is 0 Å². The lowest BCUT2D eigenvalue weighted by Crippen LogP contribution is -2.34. The summed E-state index contributed by atoms with van der Waals surface area (Å²) >= 11 is 0. The molecule has 0 fully saturated rings. The summed E-state index contributed by atoms with van der Waals surface area (Å²) in [5.74, 6) is 2.10. The molecule has 5 atom stereocenters. The lowest BCUT2D eigenvalue weighted by atomic mass is 9.01. The van der Waals surface area contributed by atoms with Crippen LogP contribution in [0.1, 0.15) is 51.9 Å². The summed E-state index contributed by atoms with van der Waals surface area (Å²) < 4.78 is 0. The van der Waals surface area contributed by atoms with Crippen molar-refractivity contribution in [2.24, 2.45) is 17.8 Å². The topological polar surface area (TPSA) is 0 Å². The maximum atomic E-state index is 6.08. The molecule has 0 amide bonds. The van der Waals surface area contributed by atoms with Gasteiger partial charge in [0, 0.05) is 44.5 Å². The van der Waals surface area contributed by atoms with Crippen LogP contribution in [0.15, 0.2) is 30.3 Å².